The molecule has 0 aliphatic carbocycles. The molecule has 1 aromatic rings. The molecule has 0 radical (unpaired) electrons. The van der Waals surface area contributed by atoms with E-state index in [0.717, 1.165) is 5.56 Å². The summed E-state index contributed by atoms with van der Waals surface area (Å²) < 4.78 is 9.69. The molecule has 138 valence electrons. The first-order chi connectivity index (χ1) is 11.6. The second-order valence-electron chi connectivity index (χ2n) is 6.24. The third-order valence-electron chi connectivity index (χ3n) is 2.92. The Balaban J connectivity index is 2.51. The first-order valence-corrected chi connectivity index (χ1v) is 8.75. The van der Waals surface area contributed by atoms with E-state index in [0.29, 0.717) is 11.3 Å². The average Bonchev–Trinajstić information content (AvgIpc) is 2.52. The monoisotopic (exact) mass is 369 g/mol. The fourth-order valence-corrected chi connectivity index (χ4v) is 2.78. The lowest BCUT2D eigenvalue weighted by Crippen LogP contribution is -2.44. The minimum atomic E-state index is -1.13. The molecule has 0 saturated carbocycles. The van der Waals surface area contributed by atoms with Crippen LogP contribution in [0.2, 0.25) is 0 Å². The topological polar surface area (TPSA) is 102 Å². The Morgan fingerprint density at radius 2 is 1.80 bits per heavy atom. The number of ether oxygens (including phenoxy) is 2. The maximum Gasteiger partial charge on any atom is 0.408 e. The average molecular weight is 369 g/mol. The van der Waals surface area contributed by atoms with E-state index >= 15 is 0 Å². The van der Waals surface area contributed by atoms with Gasteiger partial charge in [-0.2, -0.15) is 11.8 Å². The summed E-state index contributed by atoms with van der Waals surface area (Å²) in [6.07, 6.45) is -0.761. The Morgan fingerprint density at radius 3 is 2.28 bits per heavy atom. The van der Waals surface area contributed by atoms with Gasteiger partial charge in [-0.1, -0.05) is 12.1 Å². The molecule has 1 rings (SSSR count). The van der Waals surface area contributed by atoms with Crippen LogP contribution in [0.1, 0.15) is 36.7 Å². The van der Waals surface area contributed by atoms with Gasteiger partial charge in [-0.3, -0.25) is 0 Å². The quantitative estimate of drug-likeness (QED) is 0.712. The highest BCUT2D eigenvalue weighted by atomic mass is 32.2. The van der Waals surface area contributed by atoms with Crippen molar-refractivity contribution in [2.75, 3.05) is 12.9 Å². The van der Waals surface area contributed by atoms with Crippen LogP contribution >= 0.6 is 11.8 Å². The van der Waals surface area contributed by atoms with Crippen molar-refractivity contribution in [1.82, 2.24) is 5.32 Å². The van der Waals surface area contributed by atoms with Crippen LogP contribution in [0.5, 0.6) is 0 Å². The molecule has 0 aliphatic rings. The number of alkyl carbamates (subject to hydrolysis) is 1. The van der Waals surface area contributed by atoms with Crippen molar-refractivity contribution in [2.24, 2.45) is 0 Å². The van der Waals surface area contributed by atoms with Gasteiger partial charge < -0.3 is 19.9 Å². The first-order valence-electron chi connectivity index (χ1n) is 7.59. The molecule has 1 atom stereocenters. The highest BCUT2D eigenvalue weighted by Crippen LogP contribution is 2.15. The number of nitrogens with one attached hydrogen (secondary N) is 1. The number of carbonyl (C=O) groups is 3. The van der Waals surface area contributed by atoms with Crippen molar-refractivity contribution in [3.8, 4) is 0 Å². The van der Waals surface area contributed by atoms with Crippen LogP contribution in [-0.4, -0.2) is 47.6 Å². The summed E-state index contributed by atoms with van der Waals surface area (Å²) in [6, 6.07) is 5.80. The molecule has 0 aliphatic heterocycles. The van der Waals surface area contributed by atoms with Crippen molar-refractivity contribution in [1.29, 1.82) is 0 Å². The van der Waals surface area contributed by atoms with E-state index in [1.165, 1.54) is 18.9 Å². The lowest BCUT2D eigenvalue weighted by atomic mass is 10.1. The summed E-state index contributed by atoms with van der Waals surface area (Å²) in [5.74, 6) is -0.805. The molecule has 8 heteroatoms. The number of aliphatic carboxylic acids is 1. The number of amides is 1. The number of carboxylic acid groups (broad SMARTS) is 1. The van der Waals surface area contributed by atoms with Gasteiger partial charge in [-0.25, -0.2) is 14.4 Å². The van der Waals surface area contributed by atoms with Crippen LogP contribution in [0.25, 0.3) is 0 Å². The van der Waals surface area contributed by atoms with Crippen molar-refractivity contribution in [3.63, 3.8) is 0 Å². The Bertz CT molecular complexity index is 609. The second-order valence-corrected chi connectivity index (χ2v) is 7.27. The molecule has 0 aromatic heterocycles. The number of thioether (sulfide) groups is 1. The van der Waals surface area contributed by atoms with E-state index < -0.39 is 29.7 Å². The number of carboxylic acids is 1. The van der Waals surface area contributed by atoms with Gasteiger partial charge in [0.15, 0.2) is 0 Å². The van der Waals surface area contributed by atoms with Gasteiger partial charge in [-0.15, -0.1) is 0 Å². The number of benzene rings is 1. The van der Waals surface area contributed by atoms with E-state index in [9.17, 15) is 19.5 Å². The molecule has 0 bridgehead atoms. The maximum absolute atomic E-state index is 11.7. The zero-order chi connectivity index (χ0) is 19.0. The maximum atomic E-state index is 11.7. The number of hydrogen-bond donors (Lipinski definition) is 2. The SMILES string of the molecule is COC(=O)c1ccc(CSC[C@@H](NC(=O)OC(C)(C)C)C(=O)O)cc1. The number of rotatable bonds is 7. The highest BCUT2D eigenvalue weighted by molar-refractivity contribution is 7.98. The lowest BCUT2D eigenvalue weighted by Gasteiger charge is -2.21. The van der Waals surface area contributed by atoms with Gasteiger partial charge in [0.1, 0.15) is 11.6 Å². The van der Waals surface area contributed by atoms with Crippen LogP contribution in [0.4, 0.5) is 4.79 Å². The van der Waals surface area contributed by atoms with Gasteiger partial charge in [-0.05, 0) is 38.5 Å². The van der Waals surface area contributed by atoms with E-state index in [1.807, 2.05) is 0 Å². The number of carbonyl (C=O) groups excluding carboxylic acids is 2. The predicted octanol–water partition coefficient (Wildman–Crippen LogP) is 2.68. The standard InChI is InChI=1S/C17H23NO6S/c1-17(2,3)24-16(22)18-13(14(19)20)10-25-9-11-5-7-12(8-6-11)15(21)23-4/h5-8,13H,9-10H2,1-4H3,(H,18,22)(H,19,20)/t13-/m1/s1. The van der Waals surface area contributed by atoms with Crippen molar-refractivity contribution >= 4 is 29.8 Å². The predicted molar refractivity (Wildman–Crippen MR) is 94.7 cm³/mol. The summed E-state index contributed by atoms with van der Waals surface area (Å²) in [7, 11) is 1.32. The van der Waals surface area contributed by atoms with Gasteiger partial charge >= 0.3 is 18.0 Å². The summed E-state index contributed by atoms with van der Waals surface area (Å²) >= 11 is 1.36. The van der Waals surface area contributed by atoms with Crippen LogP contribution in [-0.2, 0) is 20.0 Å². The molecule has 0 unspecified atom stereocenters. The van der Waals surface area contributed by atoms with Crippen LogP contribution in [0.3, 0.4) is 0 Å². The van der Waals surface area contributed by atoms with Crippen LogP contribution in [0.15, 0.2) is 24.3 Å². The Labute approximate surface area is 151 Å². The number of esters is 1. The van der Waals surface area contributed by atoms with Gasteiger partial charge in [0, 0.05) is 11.5 Å². The summed E-state index contributed by atoms with van der Waals surface area (Å²) in [4.78, 5) is 34.3. The molecule has 0 heterocycles. The summed E-state index contributed by atoms with van der Waals surface area (Å²) in [6.45, 7) is 5.11. The molecule has 25 heavy (non-hydrogen) atoms. The Hall–Kier alpha value is -2.22. The Morgan fingerprint density at radius 1 is 1.20 bits per heavy atom. The van der Waals surface area contributed by atoms with Crippen LogP contribution < -0.4 is 5.32 Å². The van der Waals surface area contributed by atoms with Crippen molar-refractivity contribution in [3.05, 3.63) is 35.4 Å². The number of hydrogen-bond acceptors (Lipinski definition) is 6. The molecule has 0 fully saturated rings. The van der Waals surface area contributed by atoms with Gasteiger partial charge in [0.2, 0.25) is 0 Å². The summed E-state index contributed by atoms with van der Waals surface area (Å²) in [5, 5.41) is 11.6. The fraction of sp³-hybridized carbons (Fsp3) is 0.471. The van der Waals surface area contributed by atoms with Crippen molar-refractivity contribution < 1.29 is 29.0 Å². The Kier molecular flexibility index (Phi) is 7.76. The number of methoxy groups -OCH3 is 1. The van der Waals surface area contributed by atoms with Crippen LogP contribution in [0, 0.1) is 0 Å². The largest absolute Gasteiger partial charge is 0.480 e. The second kappa shape index (κ2) is 9.31. The molecule has 0 spiro atoms. The third kappa shape index (κ3) is 7.93. The molecule has 0 saturated heterocycles. The van der Waals surface area contributed by atoms with Crippen molar-refractivity contribution in [2.45, 2.75) is 38.2 Å². The van der Waals surface area contributed by atoms with E-state index in [1.54, 1.807) is 45.0 Å². The highest BCUT2D eigenvalue weighted by Gasteiger charge is 2.23. The van der Waals surface area contributed by atoms with Gasteiger partial charge in [0.05, 0.1) is 12.7 Å². The molecule has 2 N–H and O–H groups in total. The zero-order valence-corrected chi connectivity index (χ0v) is 15.5. The normalized spacial score (nSPS) is 12.2. The third-order valence-corrected chi connectivity index (χ3v) is 4.02. The molecule has 1 aromatic carbocycles. The molecular formula is C17H23NO6S. The fourth-order valence-electron chi connectivity index (χ4n) is 1.77. The first kappa shape index (κ1) is 20.8. The smallest absolute Gasteiger partial charge is 0.408 e. The van der Waals surface area contributed by atoms with E-state index in [-0.39, 0.29) is 5.75 Å². The molecule has 7 nitrogen and oxygen atoms in total. The minimum absolute atomic E-state index is 0.188. The molecule has 1 amide bonds. The minimum Gasteiger partial charge on any atom is -0.480 e. The van der Waals surface area contributed by atoms with E-state index in [4.69, 9.17) is 4.74 Å². The molecular weight excluding hydrogens is 346 g/mol. The summed E-state index contributed by atoms with van der Waals surface area (Å²) in [5.41, 5.74) is 0.687. The zero-order valence-electron chi connectivity index (χ0n) is 14.7. The van der Waals surface area contributed by atoms with E-state index in [2.05, 4.69) is 10.1 Å². The lowest BCUT2D eigenvalue weighted by molar-refractivity contribution is -0.138. The van der Waals surface area contributed by atoms with Gasteiger partial charge in [0.25, 0.3) is 0 Å².